The molecule has 10 heteroatoms. The van der Waals surface area contributed by atoms with Gasteiger partial charge in [0.15, 0.2) is 0 Å². The molecule has 19 heavy (non-hydrogen) atoms. The van der Waals surface area contributed by atoms with E-state index in [1.165, 1.54) is 0 Å². The predicted octanol–water partition coefficient (Wildman–Crippen LogP) is 3.51. The quantitative estimate of drug-likeness (QED) is 0.667. The molecule has 0 radical (unpaired) electrons. The summed E-state index contributed by atoms with van der Waals surface area (Å²) >= 11 is 2.76. The van der Waals surface area contributed by atoms with Gasteiger partial charge in [-0.15, -0.1) is 13.2 Å². The lowest BCUT2D eigenvalue weighted by atomic mass is 10.1. The van der Waals surface area contributed by atoms with E-state index in [4.69, 9.17) is 5.11 Å². The van der Waals surface area contributed by atoms with Crippen molar-refractivity contribution < 1.29 is 36.6 Å². The maximum Gasteiger partial charge on any atom is 0.574 e. The third-order valence-electron chi connectivity index (χ3n) is 1.91. The summed E-state index contributed by atoms with van der Waals surface area (Å²) in [6, 6.07) is 0.507. The number of carboxylic acid groups (broad SMARTS) is 1. The van der Waals surface area contributed by atoms with Gasteiger partial charge in [-0.25, -0.2) is 18.6 Å². The first-order valence-corrected chi connectivity index (χ1v) is 5.64. The predicted molar refractivity (Wildman–Crippen MR) is 55.5 cm³/mol. The van der Waals surface area contributed by atoms with Crippen molar-refractivity contribution in [3.05, 3.63) is 22.9 Å². The Hall–Kier alpha value is -1.45. The summed E-state index contributed by atoms with van der Waals surface area (Å²) < 4.78 is 64.7. The molecule has 0 unspecified atom stereocenters. The van der Waals surface area contributed by atoms with Crippen molar-refractivity contribution in [1.29, 1.82) is 0 Å². The lowest BCUT2D eigenvalue weighted by Crippen LogP contribution is -2.20. The molecule has 4 nitrogen and oxygen atoms in total. The Morgan fingerprint density at radius 3 is 2.42 bits per heavy atom. The Balaban J connectivity index is 3.44. The van der Waals surface area contributed by atoms with Gasteiger partial charge in [-0.05, 0) is 6.07 Å². The molecule has 1 aromatic rings. The van der Waals surface area contributed by atoms with Gasteiger partial charge >= 0.3 is 12.3 Å². The molecule has 0 aliphatic rings. The second kappa shape index (κ2) is 5.68. The van der Waals surface area contributed by atoms with E-state index in [1.54, 1.807) is 0 Å². The van der Waals surface area contributed by atoms with Gasteiger partial charge in [0.25, 0.3) is 6.43 Å². The first-order valence-electron chi connectivity index (χ1n) is 4.52. The molecule has 0 aliphatic carbocycles. The zero-order valence-corrected chi connectivity index (χ0v) is 10.4. The van der Waals surface area contributed by atoms with Gasteiger partial charge in [-0.2, -0.15) is 0 Å². The summed E-state index contributed by atoms with van der Waals surface area (Å²) in [5.41, 5.74) is -2.32. The molecule has 0 atom stereocenters. The van der Waals surface area contributed by atoms with Gasteiger partial charge in [0.2, 0.25) is 5.88 Å². The van der Waals surface area contributed by atoms with E-state index in [0.29, 0.717) is 6.07 Å². The molecular weight excluding hydrogens is 345 g/mol. The zero-order valence-electron chi connectivity index (χ0n) is 8.84. The maximum absolute atomic E-state index is 12.5. The van der Waals surface area contributed by atoms with E-state index in [2.05, 4.69) is 25.7 Å². The smallest absolute Gasteiger partial charge is 0.478 e. The standard InChI is InChI=1S/C9H5BrF5NO3/c10-2-4-3(8(17)18)1-5(6(11)12)16-7(4)19-9(13,14)15/h1,6H,2H2,(H,17,18). The average Bonchev–Trinajstić information content (AvgIpc) is 2.25. The van der Waals surface area contributed by atoms with E-state index in [9.17, 15) is 26.7 Å². The van der Waals surface area contributed by atoms with E-state index in [0.717, 1.165) is 0 Å². The molecule has 0 spiro atoms. The van der Waals surface area contributed by atoms with Crippen LogP contribution in [-0.4, -0.2) is 22.4 Å². The number of pyridine rings is 1. The number of hydrogen-bond acceptors (Lipinski definition) is 3. The maximum atomic E-state index is 12.5. The van der Waals surface area contributed by atoms with Crippen LogP contribution >= 0.6 is 15.9 Å². The van der Waals surface area contributed by atoms with E-state index >= 15 is 0 Å². The van der Waals surface area contributed by atoms with Gasteiger partial charge in [0, 0.05) is 10.9 Å². The second-order valence-corrected chi connectivity index (χ2v) is 3.73. The van der Waals surface area contributed by atoms with Crippen LogP contribution in [0.25, 0.3) is 0 Å². The molecule has 1 heterocycles. The molecule has 106 valence electrons. The minimum Gasteiger partial charge on any atom is -0.478 e. The van der Waals surface area contributed by atoms with Crippen molar-refractivity contribution in [2.24, 2.45) is 0 Å². The first-order chi connectivity index (χ1) is 8.65. The normalized spacial score (nSPS) is 11.7. The molecular formula is C9H5BrF5NO3. The molecule has 1 N–H and O–H groups in total. The fraction of sp³-hybridized carbons (Fsp3) is 0.333. The third kappa shape index (κ3) is 4.01. The van der Waals surface area contributed by atoms with Crippen LogP contribution in [0.3, 0.4) is 0 Å². The Morgan fingerprint density at radius 1 is 1.47 bits per heavy atom. The number of hydrogen-bond donors (Lipinski definition) is 1. The summed E-state index contributed by atoms with van der Waals surface area (Å²) in [5, 5.41) is 8.44. The summed E-state index contributed by atoms with van der Waals surface area (Å²) in [4.78, 5) is 13.8. The second-order valence-electron chi connectivity index (χ2n) is 3.17. The average molecular weight is 350 g/mol. The molecule has 0 fully saturated rings. The van der Waals surface area contributed by atoms with Crippen LogP contribution in [0.15, 0.2) is 6.07 Å². The largest absolute Gasteiger partial charge is 0.574 e. The van der Waals surface area contributed by atoms with Crippen molar-refractivity contribution in [3.8, 4) is 5.88 Å². The Bertz CT molecular complexity index is 491. The van der Waals surface area contributed by atoms with Crippen LogP contribution < -0.4 is 4.74 Å². The molecule has 0 saturated heterocycles. The number of nitrogens with zero attached hydrogens (tertiary/aromatic N) is 1. The number of carbonyl (C=O) groups is 1. The van der Waals surface area contributed by atoms with Gasteiger partial charge in [0.05, 0.1) is 5.56 Å². The summed E-state index contributed by atoms with van der Waals surface area (Å²) in [5.74, 6) is -2.87. The van der Waals surface area contributed by atoms with Crippen LogP contribution in [0.4, 0.5) is 22.0 Å². The minimum absolute atomic E-state index is 0.351. The molecule has 0 bridgehead atoms. The number of ether oxygens (including phenoxy) is 1. The van der Waals surface area contributed by atoms with Crippen LogP contribution in [0.1, 0.15) is 28.0 Å². The summed E-state index contributed by atoms with van der Waals surface area (Å²) in [6.45, 7) is 0. The molecule has 1 aromatic heterocycles. The van der Waals surface area contributed by atoms with E-state index in [1.807, 2.05) is 0 Å². The fourth-order valence-corrected chi connectivity index (χ4v) is 1.73. The van der Waals surface area contributed by atoms with Crippen molar-refractivity contribution in [1.82, 2.24) is 4.98 Å². The third-order valence-corrected chi connectivity index (χ3v) is 2.47. The van der Waals surface area contributed by atoms with Gasteiger partial charge in [-0.3, -0.25) is 0 Å². The topological polar surface area (TPSA) is 59.4 Å². The van der Waals surface area contributed by atoms with E-state index < -0.39 is 41.5 Å². The van der Waals surface area contributed by atoms with Crippen LogP contribution in [-0.2, 0) is 5.33 Å². The Morgan fingerprint density at radius 2 is 2.05 bits per heavy atom. The monoisotopic (exact) mass is 349 g/mol. The summed E-state index contributed by atoms with van der Waals surface area (Å²) in [6.07, 6.45) is -8.39. The number of carboxylic acids is 1. The van der Waals surface area contributed by atoms with Gasteiger partial charge in [0.1, 0.15) is 5.69 Å². The lowest BCUT2D eigenvalue weighted by molar-refractivity contribution is -0.276. The molecule has 0 saturated carbocycles. The minimum atomic E-state index is -5.17. The SMILES string of the molecule is O=C(O)c1cc(C(F)F)nc(OC(F)(F)F)c1CBr. The van der Waals surface area contributed by atoms with Crippen LogP contribution in [0, 0.1) is 0 Å². The van der Waals surface area contributed by atoms with Crippen molar-refractivity contribution >= 4 is 21.9 Å². The Kier molecular flexibility index (Phi) is 4.66. The number of halogens is 6. The molecule has 1 rings (SSSR count). The van der Waals surface area contributed by atoms with Crippen LogP contribution in [0.5, 0.6) is 5.88 Å². The lowest BCUT2D eigenvalue weighted by Gasteiger charge is -2.14. The van der Waals surface area contributed by atoms with Crippen LogP contribution in [0.2, 0.25) is 0 Å². The highest BCUT2D eigenvalue weighted by Gasteiger charge is 2.34. The number of rotatable bonds is 4. The highest BCUT2D eigenvalue weighted by atomic mass is 79.9. The first kappa shape index (κ1) is 15.6. The number of aromatic nitrogens is 1. The van der Waals surface area contributed by atoms with Gasteiger partial charge in [-0.1, -0.05) is 15.9 Å². The number of alkyl halides is 6. The Labute approximate surface area is 111 Å². The zero-order chi connectivity index (χ0) is 14.8. The molecule has 0 aliphatic heterocycles. The summed E-state index contributed by atoms with van der Waals surface area (Å²) in [7, 11) is 0. The molecule has 0 aromatic carbocycles. The van der Waals surface area contributed by atoms with Crippen molar-refractivity contribution in [3.63, 3.8) is 0 Å². The van der Waals surface area contributed by atoms with Crippen molar-refractivity contribution in [2.75, 3.05) is 0 Å². The van der Waals surface area contributed by atoms with Crippen molar-refractivity contribution in [2.45, 2.75) is 18.1 Å². The van der Waals surface area contributed by atoms with Gasteiger partial charge < -0.3 is 9.84 Å². The highest BCUT2D eigenvalue weighted by Crippen LogP contribution is 2.31. The highest BCUT2D eigenvalue weighted by molar-refractivity contribution is 9.08. The number of aromatic carboxylic acids is 1. The fourth-order valence-electron chi connectivity index (χ4n) is 1.19. The molecule has 0 amide bonds. The van der Waals surface area contributed by atoms with E-state index in [-0.39, 0.29) is 5.33 Å².